The maximum Gasteiger partial charge on any atom is 0.270 e. The van der Waals surface area contributed by atoms with E-state index >= 15 is 0 Å². The van der Waals surface area contributed by atoms with Crippen molar-refractivity contribution in [3.8, 4) is 11.3 Å². The molecule has 0 saturated carbocycles. The first-order valence-corrected chi connectivity index (χ1v) is 10.6. The number of aromatic nitrogens is 2. The molecule has 1 fully saturated rings. The van der Waals surface area contributed by atoms with Crippen molar-refractivity contribution in [3.05, 3.63) is 64.8 Å². The molecule has 4 aromatic rings. The Bertz CT molecular complexity index is 1210. The number of H-pyrrole nitrogens is 1. The van der Waals surface area contributed by atoms with E-state index in [2.05, 4.69) is 32.3 Å². The standard InChI is InChI=1S/C23H20BrN3O2/c24-15-6-3-5-14(11-15)21-22-18(17-8-1-2-9-19(17)26-22)12-20(27-21)23(28)25-13-16-7-4-10-29-16/h1-3,5-6,8-9,11-12,16,26H,4,7,10,13H2,(H,25,28). The van der Waals surface area contributed by atoms with E-state index in [1.54, 1.807) is 0 Å². The molecule has 0 radical (unpaired) electrons. The van der Waals surface area contributed by atoms with E-state index in [-0.39, 0.29) is 12.0 Å². The Kier molecular flexibility index (Phi) is 4.81. The highest BCUT2D eigenvalue weighted by Crippen LogP contribution is 2.33. The van der Waals surface area contributed by atoms with Crippen molar-refractivity contribution in [2.75, 3.05) is 13.2 Å². The lowest BCUT2D eigenvalue weighted by Crippen LogP contribution is -2.32. The fourth-order valence-electron chi connectivity index (χ4n) is 3.91. The van der Waals surface area contributed by atoms with Crippen LogP contribution in [-0.2, 0) is 4.74 Å². The number of hydrogen-bond donors (Lipinski definition) is 2. The fourth-order valence-corrected chi connectivity index (χ4v) is 4.31. The molecule has 1 atom stereocenters. The monoisotopic (exact) mass is 449 g/mol. The topological polar surface area (TPSA) is 67.0 Å². The van der Waals surface area contributed by atoms with Crippen LogP contribution in [-0.4, -0.2) is 35.1 Å². The summed E-state index contributed by atoms with van der Waals surface area (Å²) in [7, 11) is 0. The van der Waals surface area contributed by atoms with Crippen LogP contribution in [0.1, 0.15) is 23.3 Å². The van der Waals surface area contributed by atoms with Crippen molar-refractivity contribution in [2.24, 2.45) is 0 Å². The Labute approximate surface area is 176 Å². The Morgan fingerprint density at radius 2 is 2.07 bits per heavy atom. The number of rotatable bonds is 4. The first kappa shape index (κ1) is 18.3. The summed E-state index contributed by atoms with van der Waals surface area (Å²) in [5.74, 6) is -0.177. The van der Waals surface area contributed by atoms with E-state index in [1.807, 2.05) is 48.5 Å². The summed E-state index contributed by atoms with van der Waals surface area (Å²) in [6.45, 7) is 1.28. The van der Waals surface area contributed by atoms with Gasteiger partial charge in [0.25, 0.3) is 5.91 Å². The second kappa shape index (κ2) is 7.61. The Hall–Kier alpha value is -2.70. The summed E-state index contributed by atoms with van der Waals surface area (Å²) in [6.07, 6.45) is 2.13. The number of fused-ring (bicyclic) bond motifs is 3. The molecule has 0 spiro atoms. The predicted molar refractivity (Wildman–Crippen MR) is 118 cm³/mol. The quantitative estimate of drug-likeness (QED) is 0.457. The van der Waals surface area contributed by atoms with Crippen LogP contribution in [0.25, 0.3) is 33.1 Å². The number of para-hydroxylation sites is 1. The molecule has 2 aromatic carbocycles. The second-order valence-electron chi connectivity index (χ2n) is 7.30. The molecule has 5 rings (SSSR count). The lowest BCUT2D eigenvalue weighted by molar-refractivity contribution is 0.0854. The molecule has 1 unspecified atom stereocenters. The zero-order valence-electron chi connectivity index (χ0n) is 15.7. The number of halogens is 1. The second-order valence-corrected chi connectivity index (χ2v) is 8.22. The van der Waals surface area contributed by atoms with Gasteiger partial charge in [0.2, 0.25) is 0 Å². The summed E-state index contributed by atoms with van der Waals surface area (Å²) in [4.78, 5) is 21.1. The van der Waals surface area contributed by atoms with Crippen molar-refractivity contribution >= 4 is 43.6 Å². The van der Waals surface area contributed by atoms with Gasteiger partial charge in [-0.05, 0) is 37.1 Å². The highest BCUT2D eigenvalue weighted by Gasteiger charge is 2.20. The van der Waals surface area contributed by atoms with Gasteiger partial charge in [-0.15, -0.1) is 0 Å². The summed E-state index contributed by atoms with van der Waals surface area (Å²) in [5.41, 5.74) is 4.08. The van der Waals surface area contributed by atoms with Crippen LogP contribution >= 0.6 is 15.9 Å². The molecule has 5 nitrogen and oxygen atoms in total. The lowest BCUT2D eigenvalue weighted by atomic mass is 10.1. The first-order valence-electron chi connectivity index (χ1n) is 9.76. The molecule has 2 aromatic heterocycles. The highest BCUT2D eigenvalue weighted by molar-refractivity contribution is 9.10. The number of nitrogens with one attached hydrogen (secondary N) is 2. The van der Waals surface area contributed by atoms with Crippen molar-refractivity contribution in [1.82, 2.24) is 15.3 Å². The van der Waals surface area contributed by atoms with Crippen LogP contribution in [0.4, 0.5) is 0 Å². The van der Waals surface area contributed by atoms with Crippen molar-refractivity contribution in [3.63, 3.8) is 0 Å². The zero-order chi connectivity index (χ0) is 19.8. The predicted octanol–water partition coefficient (Wildman–Crippen LogP) is 5.05. The molecule has 0 aliphatic carbocycles. The Balaban J connectivity index is 1.62. The summed E-state index contributed by atoms with van der Waals surface area (Å²) < 4.78 is 6.58. The number of pyridine rings is 1. The summed E-state index contributed by atoms with van der Waals surface area (Å²) in [5, 5.41) is 5.06. The van der Waals surface area contributed by atoms with E-state index in [4.69, 9.17) is 9.72 Å². The maximum absolute atomic E-state index is 12.9. The third-order valence-corrected chi connectivity index (χ3v) is 5.83. The Morgan fingerprint density at radius 3 is 2.90 bits per heavy atom. The smallest absolute Gasteiger partial charge is 0.270 e. The third-order valence-electron chi connectivity index (χ3n) is 5.34. The van der Waals surface area contributed by atoms with Gasteiger partial charge >= 0.3 is 0 Å². The van der Waals surface area contributed by atoms with Gasteiger partial charge in [-0.3, -0.25) is 4.79 Å². The average molecular weight is 450 g/mol. The molecule has 29 heavy (non-hydrogen) atoms. The summed E-state index contributed by atoms with van der Waals surface area (Å²) in [6, 6.07) is 18.0. The van der Waals surface area contributed by atoms with Gasteiger partial charge < -0.3 is 15.0 Å². The van der Waals surface area contributed by atoms with Gasteiger partial charge in [-0.1, -0.05) is 46.3 Å². The zero-order valence-corrected chi connectivity index (χ0v) is 17.3. The Morgan fingerprint density at radius 1 is 1.17 bits per heavy atom. The number of hydrogen-bond acceptors (Lipinski definition) is 3. The minimum Gasteiger partial charge on any atom is -0.376 e. The molecule has 1 aliphatic rings. The van der Waals surface area contributed by atoms with Gasteiger partial charge in [0.15, 0.2) is 0 Å². The van der Waals surface area contributed by atoms with Crippen molar-refractivity contribution in [2.45, 2.75) is 18.9 Å². The van der Waals surface area contributed by atoms with Crippen molar-refractivity contribution in [1.29, 1.82) is 0 Å². The van der Waals surface area contributed by atoms with Gasteiger partial charge in [0.05, 0.1) is 17.3 Å². The molecule has 6 heteroatoms. The number of carbonyl (C=O) groups is 1. The number of nitrogens with zero attached hydrogens (tertiary/aromatic N) is 1. The van der Waals surface area contributed by atoms with Gasteiger partial charge in [0.1, 0.15) is 5.69 Å². The molecule has 0 bridgehead atoms. The summed E-state index contributed by atoms with van der Waals surface area (Å²) >= 11 is 3.54. The van der Waals surface area contributed by atoms with Crippen LogP contribution in [0.3, 0.4) is 0 Å². The molecule has 146 valence electrons. The number of amides is 1. The number of ether oxygens (including phenoxy) is 1. The number of aromatic amines is 1. The highest BCUT2D eigenvalue weighted by atomic mass is 79.9. The van der Waals surface area contributed by atoms with E-state index in [9.17, 15) is 4.79 Å². The molecular formula is C23H20BrN3O2. The van der Waals surface area contributed by atoms with Crippen molar-refractivity contribution < 1.29 is 9.53 Å². The van der Waals surface area contributed by atoms with E-state index in [0.717, 1.165) is 57.0 Å². The van der Waals surface area contributed by atoms with Crippen LogP contribution in [0.5, 0.6) is 0 Å². The van der Waals surface area contributed by atoms with Crippen LogP contribution in [0.2, 0.25) is 0 Å². The van der Waals surface area contributed by atoms with Gasteiger partial charge in [-0.25, -0.2) is 4.98 Å². The largest absolute Gasteiger partial charge is 0.376 e. The molecule has 1 amide bonds. The minimum absolute atomic E-state index is 0.0975. The molecule has 1 aliphatic heterocycles. The normalized spacial score (nSPS) is 16.5. The number of carbonyl (C=O) groups excluding carboxylic acids is 1. The van der Waals surface area contributed by atoms with Crippen LogP contribution in [0.15, 0.2) is 59.1 Å². The van der Waals surface area contributed by atoms with Gasteiger partial charge in [-0.2, -0.15) is 0 Å². The van der Waals surface area contributed by atoms with E-state index in [0.29, 0.717) is 12.2 Å². The molecule has 2 N–H and O–H groups in total. The van der Waals surface area contributed by atoms with E-state index in [1.165, 1.54) is 0 Å². The van der Waals surface area contributed by atoms with Crippen LogP contribution in [0, 0.1) is 0 Å². The van der Waals surface area contributed by atoms with Crippen LogP contribution < -0.4 is 5.32 Å². The lowest BCUT2D eigenvalue weighted by Gasteiger charge is -2.12. The maximum atomic E-state index is 12.9. The SMILES string of the molecule is O=C(NCC1CCCO1)c1cc2c([nH]c3ccccc32)c(-c2cccc(Br)c2)n1. The van der Waals surface area contributed by atoms with Gasteiger partial charge in [0, 0.05) is 39.5 Å². The third kappa shape index (κ3) is 3.54. The molecule has 1 saturated heterocycles. The number of benzene rings is 2. The molecule has 3 heterocycles. The minimum atomic E-state index is -0.177. The molecular weight excluding hydrogens is 430 g/mol. The average Bonchev–Trinajstić information content (AvgIpc) is 3.39. The van der Waals surface area contributed by atoms with E-state index < -0.39 is 0 Å². The first-order chi connectivity index (χ1) is 14.2. The fraction of sp³-hybridized carbons (Fsp3) is 0.217.